The Bertz CT molecular complexity index is 911. The molecule has 2 N–H and O–H groups in total. The summed E-state index contributed by atoms with van der Waals surface area (Å²) in [7, 11) is 1.79. The molecule has 0 unspecified atom stereocenters. The fourth-order valence-electron chi connectivity index (χ4n) is 1.97. The summed E-state index contributed by atoms with van der Waals surface area (Å²) in [6.45, 7) is 0. The molecule has 0 atom stereocenters. The number of nitrogens with zero attached hydrogens (tertiary/aromatic N) is 3. The Labute approximate surface area is 135 Å². The fourth-order valence-corrected chi connectivity index (χ4v) is 2.88. The second kappa shape index (κ2) is 6.13. The van der Waals surface area contributed by atoms with Crippen LogP contribution in [0.3, 0.4) is 0 Å². The Kier molecular flexibility index (Phi) is 4.03. The van der Waals surface area contributed by atoms with Gasteiger partial charge in [0.25, 0.3) is 0 Å². The molecule has 0 saturated heterocycles. The number of carbonyl (C=O) groups excluding carboxylic acids is 1. The van der Waals surface area contributed by atoms with E-state index in [1.165, 1.54) is 23.5 Å². The molecule has 2 aromatic carbocycles. The molecule has 1 aromatic heterocycles. The van der Waals surface area contributed by atoms with Crippen LogP contribution in [-0.2, 0) is 7.05 Å². The summed E-state index contributed by atoms with van der Waals surface area (Å²) in [4.78, 5) is 16.2. The lowest BCUT2D eigenvalue weighted by Gasteiger charge is -1.97. The molecule has 0 fully saturated rings. The van der Waals surface area contributed by atoms with Crippen molar-refractivity contribution < 1.29 is 9.18 Å². The maximum atomic E-state index is 12.9. The fraction of sp³-hybridized carbons (Fsp3) is 0.0625. The molecule has 3 rings (SSSR count). The molecule has 116 valence electrons. The first kappa shape index (κ1) is 15.1. The third kappa shape index (κ3) is 3.35. The van der Waals surface area contributed by atoms with Crippen LogP contribution in [0.25, 0.3) is 10.6 Å². The molecule has 0 aliphatic heterocycles. The lowest BCUT2D eigenvalue weighted by molar-refractivity contribution is 0.100. The van der Waals surface area contributed by atoms with Crippen LogP contribution >= 0.6 is 11.3 Å². The number of aryl methyl sites for hydroxylation is 1. The van der Waals surface area contributed by atoms with Crippen molar-refractivity contribution >= 4 is 22.9 Å². The van der Waals surface area contributed by atoms with E-state index in [-0.39, 0.29) is 5.82 Å². The van der Waals surface area contributed by atoms with Gasteiger partial charge in [-0.15, -0.1) is 0 Å². The van der Waals surface area contributed by atoms with Gasteiger partial charge in [-0.05, 0) is 36.4 Å². The minimum Gasteiger partial charge on any atom is -0.366 e. The highest BCUT2D eigenvalue weighted by Crippen LogP contribution is 2.20. The average Bonchev–Trinajstić information content (AvgIpc) is 2.91. The van der Waals surface area contributed by atoms with Crippen molar-refractivity contribution in [2.75, 3.05) is 0 Å². The zero-order chi connectivity index (χ0) is 16.4. The molecule has 0 saturated carbocycles. The maximum Gasteiger partial charge on any atom is 0.248 e. The first-order valence-corrected chi connectivity index (χ1v) is 7.59. The van der Waals surface area contributed by atoms with Crippen molar-refractivity contribution in [1.82, 2.24) is 9.78 Å². The van der Waals surface area contributed by atoms with E-state index in [1.54, 1.807) is 48.1 Å². The van der Waals surface area contributed by atoms with Crippen molar-refractivity contribution in [3.63, 3.8) is 0 Å². The van der Waals surface area contributed by atoms with Gasteiger partial charge in [-0.3, -0.25) is 4.79 Å². The second-order valence-corrected chi connectivity index (χ2v) is 5.80. The molecule has 0 spiro atoms. The lowest BCUT2D eigenvalue weighted by Crippen LogP contribution is -2.10. The van der Waals surface area contributed by atoms with Gasteiger partial charge in [-0.2, -0.15) is 5.10 Å². The molecule has 23 heavy (non-hydrogen) atoms. The third-order valence-electron chi connectivity index (χ3n) is 3.17. The molecule has 7 heteroatoms. The van der Waals surface area contributed by atoms with Crippen LogP contribution in [0.4, 0.5) is 10.1 Å². The van der Waals surface area contributed by atoms with Crippen LogP contribution < -0.4 is 10.5 Å². The van der Waals surface area contributed by atoms with E-state index < -0.39 is 5.91 Å². The van der Waals surface area contributed by atoms with Gasteiger partial charge >= 0.3 is 0 Å². The van der Waals surface area contributed by atoms with Crippen molar-refractivity contribution in [1.29, 1.82) is 0 Å². The number of benzene rings is 2. The van der Waals surface area contributed by atoms with E-state index >= 15 is 0 Å². The molecule has 0 aliphatic carbocycles. The van der Waals surface area contributed by atoms with E-state index in [9.17, 15) is 9.18 Å². The van der Waals surface area contributed by atoms with Crippen LogP contribution in [0.5, 0.6) is 0 Å². The second-order valence-electron chi connectivity index (χ2n) is 4.84. The van der Waals surface area contributed by atoms with Gasteiger partial charge < -0.3 is 5.73 Å². The number of hydrogen-bond acceptors (Lipinski definition) is 4. The molecular formula is C16H13FN4OS. The highest BCUT2D eigenvalue weighted by atomic mass is 32.1. The minimum absolute atomic E-state index is 0.298. The third-order valence-corrected chi connectivity index (χ3v) is 4.22. The Morgan fingerprint density at radius 3 is 2.43 bits per heavy atom. The molecule has 3 aromatic rings. The lowest BCUT2D eigenvalue weighted by atomic mass is 10.1. The zero-order valence-electron chi connectivity index (χ0n) is 12.2. The van der Waals surface area contributed by atoms with Gasteiger partial charge in [0.2, 0.25) is 10.7 Å². The van der Waals surface area contributed by atoms with Gasteiger partial charge in [0.05, 0.1) is 5.69 Å². The average molecular weight is 328 g/mol. The summed E-state index contributed by atoms with van der Waals surface area (Å²) in [5, 5.41) is 5.19. The maximum absolute atomic E-state index is 12.9. The molecule has 1 heterocycles. The number of rotatable bonds is 3. The molecule has 0 bridgehead atoms. The largest absolute Gasteiger partial charge is 0.366 e. The number of carbonyl (C=O) groups is 1. The predicted octanol–water partition coefficient (Wildman–Crippen LogP) is 2.62. The zero-order valence-corrected chi connectivity index (χ0v) is 13.0. The number of aromatic nitrogens is 2. The Morgan fingerprint density at radius 1 is 1.17 bits per heavy atom. The van der Waals surface area contributed by atoms with Crippen LogP contribution in [0.15, 0.2) is 53.5 Å². The summed E-state index contributed by atoms with van der Waals surface area (Å²) in [6, 6.07) is 12.9. The van der Waals surface area contributed by atoms with E-state index in [2.05, 4.69) is 10.1 Å². The number of primary amides is 1. The van der Waals surface area contributed by atoms with Crippen molar-refractivity contribution in [2.24, 2.45) is 17.8 Å². The SMILES string of the molecule is Cn1nc(-c2ccc(C(N)=O)cc2)s/c1=N/c1ccc(F)cc1. The number of amides is 1. The molecule has 0 aliphatic rings. The van der Waals surface area contributed by atoms with Crippen LogP contribution in [0, 0.1) is 5.82 Å². The summed E-state index contributed by atoms with van der Waals surface area (Å²) >= 11 is 1.40. The highest BCUT2D eigenvalue weighted by molar-refractivity contribution is 7.12. The van der Waals surface area contributed by atoms with Gasteiger partial charge in [0.15, 0.2) is 0 Å². The van der Waals surface area contributed by atoms with Gasteiger partial charge in [-0.25, -0.2) is 14.1 Å². The van der Waals surface area contributed by atoms with Gasteiger partial charge in [-0.1, -0.05) is 23.5 Å². The topological polar surface area (TPSA) is 73.3 Å². The van der Waals surface area contributed by atoms with Crippen molar-refractivity contribution in [3.05, 3.63) is 64.7 Å². The standard InChI is InChI=1S/C16H13FN4OS/c1-21-16(19-13-8-6-12(17)7-9-13)23-15(20-21)11-4-2-10(3-5-11)14(18)22/h2-9H,1H3,(H2,18,22)/b19-16+. The number of nitrogens with two attached hydrogens (primary N) is 1. The van der Waals surface area contributed by atoms with Crippen LogP contribution in [0.2, 0.25) is 0 Å². The van der Waals surface area contributed by atoms with Crippen LogP contribution in [0.1, 0.15) is 10.4 Å². The van der Waals surface area contributed by atoms with Crippen molar-refractivity contribution in [3.8, 4) is 10.6 Å². The summed E-state index contributed by atoms with van der Waals surface area (Å²) in [6.07, 6.45) is 0. The summed E-state index contributed by atoms with van der Waals surface area (Å²) in [5.41, 5.74) is 7.20. The molecule has 5 nitrogen and oxygen atoms in total. The van der Waals surface area contributed by atoms with Gasteiger partial charge in [0, 0.05) is 18.2 Å². The Hall–Kier alpha value is -2.80. The monoisotopic (exact) mass is 328 g/mol. The summed E-state index contributed by atoms with van der Waals surface area (Å²) in [5.74, 6) is -0.763. The Balaban J connectivity index is 1.97. The summed E-state index contributed by atoms with van der Waals surface area (Å²) < 4.78 is 14.6. The quantitative estimate of drug-likeness (QED) is 0.802. The molecule has 1 amide bonds. The normalized spacial score (nSPS) is 11.7. The number of halogens is 1. The molecular weight excluding hydrogens is 315 g/mol. The molecule has 0 radical (unpaired) electrons. The van der Waals surface area contributed by atoms with E-state index in [0.717, 1.165) is 10.6 Å². The van der Waals surface area contributed by atoms with E-state index in [4.69, 9.17) is 5.73 Å². The van der Waals surface area contributed by atoms with E-state index in [1.807, 2.05) is 0 Å². The predicted molar refractivity (Wildman–Crippen MR) is 86.7 cm³/mol. The Morgan fingerprint density at radius 2 is 1.83 bits per heavy atom. The minimum atomic E-state index is -0.465. The number of hydrogen-bond donors (Lipinski definition) is 1. The smallest absolute Gasteiger partial charge is 0.248 e. The van der Waals surface area contributed by atoms with E-state index in [0.29, 0.717) is 16.1 Å². The van der Waals surface area contributed by atoms with Gasteiger partial charge in [0.1, 0.15) is 10.8 Å². The first-order valence-electron chi connectivity index (χ1n) is 6.77. The highest BCUT2D eigenvalue weighted by Gasteiger charge is 2.07. The first-order chi connectivity index (χ1) is 11.0. The van der Waals surface area contributed by atoms with Crippen molar-refractivity contribution in [2.45, 2.75) is 0 Å². The van der Waals surface area contributed by atoms with Crippen LogP contribution in [-0.4, -0.2) is 15.7 Å².